The maximum Gasteiger partial charge on any atom is 0.407 e. The number of H-pyrrole nitrogens is 1. The van der Waals surface area contributed by atoms with Crippen molar-refractivity contribution < 1.29 is 14.3 Å². The van der Waals surface area contributed by atoms with E-state index in [1.165, 1.54) is 16.5 Å². The molecule has 1 aliphatic rings. The molecule has 1 saturated heterocycles. The number of nitrogens with zero attached hydrogens (tertiary/aromatic N) is 2. The molecule has 170 valence electrons. The topological polar surface area (TPSA) is 87.3 Å². The fraction of sp³-hybridized carbons (Fsp3) is 0.261. The molecule has 10 heteroatoms. The average Bonchev–Trinajstić information content (AvgIpc) is 3.60. The van der Waals surface area contributed by atoms with E-state index in [1.54, 1.807) is 27.6 Å². The third kappa shape index (κ3) is 4.42. The largest absolute Gasteiger partial charge is 0.453 e. The van der Waals surface area contributed by atoms with Crippen LogP contribution in [0, 0.1) is 0 Å². The molecule has 4 aromatic rings. The maximum atomic E-state index is 13.6. The molecule has 4 heterocycles. The fourth-order valence-corrected chi connectivity index (χ4v) is 7.14. The Morgan fingerprint density at radius 3 is 2.79 bits per heavy atom. The van der Waals surface area contributed by atoms with E-state index in [0.717, 1.165) is 33.0 Å². The molecule has 1 fully saturated rings. The number of benzene rings is 1. The number of thiophene rings is 2. The van der Waals surface area contributed by atoms with Crippen LogP contribution in [0.5, 0.6) is 0 Å². The molecule has 1 unspecified atom stereocenters. The number of alkyl carbamates (subject to hydrolysis) is 1. The second-order valence-electron chi connectivity index (χ2n) is 7.73. The number of hydrogen-bond acceptors (Lipinski definition) is 6. The van der Waals surface area contributed by atoms with Gasteiger partial charge in [-0.05, 0) is 46.5 Å². The molecule has 1 aromatic carbocycles. The Kier molecular flexibility index (Phi) is 6.22. The van der Waals surface area contributed by atoms with Gasteiger partial charge in [0.2, 0.25) is 0 Å². The van der Waals surface area contributed by atoms with E-state index in [1.807, 2.05) is 36.5 Å². The summed E-state index contributed by atoms with van der Waals surface area (Å²) in [5.74, 6) is 0.590. The highest BCUT2D eigenvalue weighted by atomic mass is 79.9. The zero-order valence-corrected chi connectivity index (χ0v) is 20.9. The Balaban J connectivity index is 1.40. The molecule has 0 saturated carbocycles. The molecule has 5 rings (SSSR count). The van der Waals surface area contributed by atoms with Gasteiger partial charge in [0, 0.05) is 22.1 Å². The lowest BCUT2D eigenvalue weighted by Crippen LogP contribution is -2.42. The van der Waals surface area contributed by atoms with Crippen LogP contribution in [0.1, 0.15) is 36.3 Å². The fourth-order valence-electron chi connectivity index (χ4n) is 4.16. The number of amides is 2. The van der Waals surface area contributed by atoms with Crippen molar-refractivity contribution in [3.05, 3.63) is 63.8 Å². The third-order valence-corrected chi connectivity index (χ3v) is 8.52. The summed E-state index contributed by atoms with van der Waals surface area (Å²) < 4.78 is 8.33. The molecular weight excluding hydrogens is 524 g/mol. The van der Waals surface area contributed by atoms with Gasteiger partial charge in [0.15, 0.2) is 0 Å². The van der Waals surface area contributed by atoms with Gasteiger partial charge in [0.25, 0.3) is 5.91 Å². The highest BCUT2D eigenvalue weighted by Crippen LogP contribution is 2.40. The minimum absolute atomic E-state index is 0.173. The third-order valence-electron chi connectivity index (χ3n) is 5.71. The number of rotatable bonds is 5. The molecule has 2 N–H and O–H groups in total. The van der Waals surface area contributed by atoms with Gasteiger partial charge in [0.05, 0.1) is 27.5 Å². The molecule has 1 aliphatic heterocycles. The minimum Gasteiger partial charge on any atom is -0.453 e. The summed E-state index contributed by atoms with van der Waals surface area (Å²) >= 11 is 6.94. The summed E-state index contributed by atoms with van der Waals surface area (Å²) in [4.78, 5) is 36.6. The van der Waals surface area contributed by atoms with Crippen molar-refractivity contribution in [1.82, 2.24) is 20.2 Å². The number of hydrogen-bond donors (Lipinski definition) is 2. The minimum atomic E-state index is -0.823. The standard InChI is InChI=1S/C23H21BrN4O3S2/c1-31-23(30)27-20(13-6-3-2-4-7-13)22(29)28-9-5-8-15(28)21-25-12-14(26-21)16-10-17-18(32-16)11-19(24)33-17/h2-4,6-7,10-12,15,20H,5,8-9H2,1H3,(H,25,26)(H,27,30)/t15-,20?/m0/s1. The highest BCUT2D eigenvalue weighted by molar-refractivity contribution is 9.11. The first-order valence-electron chi connectivity index (χ1n) is 10.5. The second kappa shape index (κ2) is 9.28. The lowest BCUT2D eigenvalue weighted by Gasteiger charge is -2.28. The summed E-state index contributed by atoms with van der Waals surface area (Å²) in [7, 11) is 1.29. The van der Waals surface area contributed by atoms with Crippen LogP contribution in [0.3, 0.4) is 0 Å². The summed E-state index contributed by atoms with van der Waals surface area (Å²) in [5.41, 5.74) is 1.59. The Morgan fingerprint density at radius 1 is 1.24 bits per heavy atom. The van der Waals surface area contributed by atoms with Crippen molar-refractivity contribution in [2.75, 3.05) is 13.7 Å². The van der Waals surface area contributed by atoms with Gasteiger partial charge < -0.3 is 19.9 Å². The molecule has 0 radical (unpaired) electrons. The number of methoxy groups -OCH3 is 1. The zero-order valence-electron chi connectivity index (χ0n) is 17.7. The van der Waals surface area contributed by atoms with E-state index < -0.39 is 12.1 Å². The predicted octanol–water partition coefficient (Wildman–Crippen LogP) is 5.88. The van der Waals surface area contributed by atoms with Crippen LogP contribution in [-0.4, -0.2) is 40.5 Å². The van der Waals surface area contributed by atoms with Crippen molar-refractivity contribution in [1.29, 1.82) is 0 Å². The number of aromatic nitrogens is 2. The second-order valence-corrected chi connectivity index (χ2v) is 11.3. The quantitative estimate of drug-likeness (QED) is 0.328. The van der Waals surface area contributed by atoms with Gasteiger partial charge in [-0.2, -0.15) is 0 Å². The lowest BCUT2D eigenvalue weighted by atomic mass is 10.1. The van der Waals surface area contributed by atoms with Crippen LogP contribution < -0.4 is 5.32 Å². The Labute approximate surface area is 206 Å². The van der Waals surface area contributed by atoms with Crippen molar-refractivity contribution in [3.63, 3.8) is 0 Å². The van der Waals surface area contributed by atoms with E-state index in [4.69, 9.17) is 9.72 Å². The van der Waals surface area contributed by atoms with Gasteiger partial charge in [0.1, 0.15) is 11.9 Å². The Hall–Kier alpha value is -2.69. The summed E-state index contributed by atoms with van der Waals surface area (Å²) in [6, 6.07) is 12.5. The molecule has 7 nitrogen and oxygen atoms in total. The predicted molar refractivity (Wildman–Crippen MR) is 133 cm³/mol. The molecule has 0 aliphatic carbocycles. The Morgan fingerprint density at radius 2 is 2.03 bits per heavy atom. The van der Waals surface area contributed by atoms with Crippen LogP contribution in [0.25, 0.3) is 20.0 Å². The molecule has 3 aromatic heterocycles. The van der Waals surface area contributed by atoms with Crippen molar-refractivity contribution in [2.45, 2.75) is 24.9 Å². The first kappa shape index (κ1) is 22.1. The SMILES string of the molecule is COC(=O)NC(C(=O)N1CCC[C@H]1c1nc(-c2cc3sc(Br)cc3s2)c[nH]1)c1ccccc1. The van der Waals surface area contributed by atoms with Gasteiger partial charge in [-0.25, -0.2) is 9.78 Å². The molecule has 2 amide bonds. The summed E-state index contributed by atoms with van der Waals surface area (Å²) in [6.45, 7) is 0.606. The first-order chi connectivity index (χ1) is 16.0. The van der Waals surface area contributed by atoms with Crippen LogP contribution in [-0.2, 0) is 9.53 Å². The number of nitrogens with one attached hydrogen (secondary N) is 2. The van der Waals surface area contributed by atoms with Crippen molar-refractivity contribution in [2.24, 2.45) is 0 Å². The van der Waals surface area contributed by atoms with Gasteiger partial charge >= 0.3 is 6.09 Å². The van der Waals surface area contributed by atoms with E-state index in [0.29, 0.717) is 12.1 Å². The van der Waals surface area contributed by atoms with Crippen molar-refractivity contribution in [3.8, 4) is 10.6 Å². The molecule has 0 bridgehead atoms. The van der Waals surface area contributed by atoms with Gasteiger partial charge in [-0.1, -0.05) is 30.3 Å². The van der Waals surface area contributed by atoms with Gasteiger partial charge in [-0.3, -0.25) is 4.79 Å². The number of halogens is 1. The van der Waals surface area contributed by atoms with E-state index in [9.17, 15) is 9.59 Å². The van der Waals surface area contributed by atoms with Crippen LogP contribution >= 0.6 is 38.6 Å². The van der Waals surface area contributed by atoms with E-state index in [-0.39, 0.29) is 11.9 Å². The van der Waals surface area contributed by atoms with E-state index in [2.05, 4.69) is 38.4 Å². The van der Waals surface area contributed by atoms with Crippen LogP contribution in [0.4, 0.5) is 4.79 Å². The molecular formula is C23H21BrN4O3S2. The first-order valence-corrected chi connectivity index (χ1v) is 12.9. The van der Waals surface area contributed by atoms with E-state index >= 15 is 0 Å². The monoisotopic (exact) mass is 544 g/mol. The number of aromatic amines is 1. The normalized spacial score (nSPS) is 16.8. The highest BCUT2D eigenvalue weighted by Gasteiger charge is 2.37. The number of carbonyl (C=O) groups excluding carboxylic acids is 2. The van der Waals surface area contributed by atoms with Crippen LogP contribution in [0.15, 0.2) is 52.4 Å². The van der Waals surface area contributed by atoms with Crippen LogP contribution in [0.2, 0.25) is 0 Å². The number of likely N-dealkylation sites (tertiary alicyclic amines) is 1. The number of carbonyl (C=O) groups is 2. The Bertz CT molecular complexity index is 1270. The zero-order chi connectivity index (χ0) is 22.9. The number of fused-ring (bicyclic) bond motifs is 1. The number of ether oxygens (including phenoxy) is 1. The summed E-state index contributed by atoms with van der Waals surface area (Å²) in [6.07, 6.45) is 2.94. The lowest BCUT2D eigenvalue weighted by molar-refractivity contribution is -0.134. The maximum absolute atomic E-state index is 13.6. The smallest absolute Gasteiger partial charge is 0.407 e. The van der Waals surface area contributed by atoms with Gasteiger partial charge in [-0.15, -0.1) is 22.7 Å². The van der Waals surface area contributed by atoms with Crippen molar-refractivity contribution >= 4 is 60.0 Å². The average molecular weight is 545 g/mol. The molecule has 0 spiro atoms. The summed E-state index contributed by atoms with van der Waals surface area (Å²) in [5, 5.41) is 2.70. The molecule has 2 atom stereocenters. The molecule has 33 heavy (non-hydrogen) atoms. The number of imidazole rings is 1.